The van der Waals surface area contributed by atoms with E-state index >= 15 is 0 Å². The fraction of sp³-hybridized carbons (Fsp3) is 0.0909. The topological polar surface area (TPSA) is 49.4 Å². The van der Waals surface area contributed by atoms with Gasteiger partial charge >= 0.3 is 11.8 Å². The van der Waals surface area contributed by atoms with Gasteiger partial charge in [0.05, 0.1) is 0 Å². The number of para-hydroxylation sites is 2. The summed E-state index contributed by atoms with van der Waals surface area (Å²) in [5.74, 6) is -1.22. The zero-order chi connectivity index (χ0) is 18.2. The second-order valence-corrected chi connectivity index (χ2v) is 5.80. The smallest absolute Gasteiger partial charge is 0.320 e. The van der Waals surface area contributed by atoms with Crippen LogP contribution in [0.5, 0.6) is 0 Å². The van der Waals surface area contributed by atoms with Crippen LogP contribution >= 0.6 is 0 Å². The highest BCUT2D eigenvalue weighted by atomic mass is 16.2. The maximum absolute atomic E-state index is 12.8. The van der Waals surface area contributed by atoms with E-state index < -0.39 is 11.8 Å². The predicted molar refractivity (Wildman–Crippen MR) is 103 cm³/mol. The summed E-state index contributed by atoms with van der Waals surface area (Å²) in [6, 6.07) is 28.2. The Bertz CT molecular complexity index is 810. The summed E-state index contributed by atoms with van der Waals surface area (Å²) in [6.07, 6.45) is 0.677. The Morgan fingerprint density at radius 3 is 1.65 bits per heavy atom. The molecule has 130 valence electrons. The van der Waals surface area contributed by atoms with Crippen molar-refractivity contribution in [3.8, 4) is 0 Å². The van der Waals surface area contributed by atoms with Crippen molar-refractivity contribution in [3.63, 3.8) is 0 Å². The molecule has 0 fully saturated rings. The third-order valence-corrected chi connectivity index (χ3v) is 3.97. The molecule has 2 amide bonds. The summed E-state index contributed by atoms with van der Waals surface area (Å²) in [7, 11) is 0. The van der Waals surface area contributed by atoms with Gasteiger partial charge < -0.3 is 5.32 Å². The van der Waals surface area contributed by atoms with Crippen LogP contribution in [0.1, 0.15) is 5.56 Å². The molecule has 0 heterocycles. The number of carbonyl (C=O) groups is 2. The second-order valence-electron chi connectivity index (χ2n) is 5.80. The molecule has 0 aliphatic carbocycles. The van der Waals surface area contributed by atoms with Crippen LogP contribution in [0, 0.1) is 0 Å². The number of hydrogen-bond acceptors (Lipinski definition) is 2. The van der Waals surface area contributed by atoms with Crippen molar-refractivity contribution < 1.29 is 9.59 Å². The lowest BCUT2D eigenvalue weighted by Crippen LogP contribution is -2.41. The Balaban J connectivity index is 1.72. The number of amides is 2. The summed E-state index contributed by atoms with van der Waals surface area (Å²) in [6.45, 7) is 0.409. The molecule has 0 atom stereocenters. The minimum atomic E-state index is -0.617. The lowest BCUT2D eigenvalue weighted by atomic mass is 10.1. The van der Waals surface area contributed by atoms with Crippen LogP contribution in [0.25, 0.3) is 0 Å². The van der Waals surface area contributed by atoms with Crippen molar-refractivity contribution in [1.82, 2.24) is 5.32 Å². The summed E-state index contributed by atoms with van der Waals surface area (Å²) in [5, 5.41) is 2.72. The van der Waals surface area contributed by atoms with Crippen LogP contribution in [0.3, 0.4) is 0 Å². The van der Waals surface area contributed by atoms with Gasteiger partial charge in [-0.05, 0) is 36.2 Å². The summed E-state index contributed by atoms with van der Waals surface area (Å²) in [5.41, 5.74) is 2.42. The maximum Gasteiger partial charge on any atom is 0.320 e. The van der Waals surface area contributed by atoms with Gasteiger partial charge in [-0.25, -0.2) is 0 Å². The number of anilines is 2. The van der Waals surface area contributed by atoms with Crippen molar-refractivity contribution in [1.29, 1.82) is 0 Å². The Kier molecular flexibility index (Phi) is 5.78. The highest BCUT2D eigenvalue weighted by molar-refractivity contribution is 6.42. The van der Waals surface area contributed by atoms with Gasteiger partial charge in [0.25, 0.3) is 0 Å². The van der Waals surface area contributed by atoms with Gasteiger partial charge in [0, 0.05) is 17.9 Å². The number of hydrogen-bond donors (Lipinski definition) is 1. The molecule has 0 saturated heterocycles. The Labute approximate surface area is 153 Å². The fourth-order valence-corrected chi connectivity index (χ4v) is 2.68. The van der Waals surface area contributed by atoms with E-state index in [0.29, 0.717) is 24.3 Å². The van der Waals surface area contributed by atoms with Gasteiger partial charge in [-0.15, -0.1) is 0 Å². The van der Waals surface area contributed by atoms with E-state index in [4.69, 9.17) is 0 Å². The first-order valence-corrected chi connectivity index (χ1v) is 8.52. The zero-order valence-electron chi connectivity index (χ0n) is 14.3. The molecular formula is C22H20N2O2. The van der Waals surface area contributed by atoms with E-state index in [1.807, 2.05) is 91.0 Å². The van der Waals surface area contributed by atoms with E-state index in [9.17, 15) is 9.59 Å². The first-order chi connectivity index (χ1) is 12.8. The highest BCUT2D eigenvalue weighted by Gasteiger charge is 2.24. The van der Waals surface area contributed by atoms with E-state index in [1.165, 1.54) is 4.90 Å². The molecule has 3 aromatic carbocycles. The Hall–Kier alpha value is -3.40. The third kappa shape index (κ3) is 4.36. The minimum Gasteiger partial charge on any atom is -0.347 e. The first-order valence-electron chi connectivity index (χ1n) is 8.52. The number of nitrogens with one attached hydrogen (secondary N) is 1. The molecule has 3 aromatic rings. The molecular weight excluding hydrogens is 324 g/mol. The van der Waals surface area contributed by atoms with Crippen molar-refractivity contribution in [2.45, 2.75) is 6.42 Å². The molecule has 0 aliphatic heterocycles. The highest BCUT2D eigenvalue weighted by Crippen LogP contribution is 2.24. The summed E-state index contributed by atoms with van der Waals surface area (Å²) >= 11 is 0. The van der Waals surface area contributed by atoms with Crippen molar-refractivity contribution in [2.75, 3.05) is 11.4 Å². The quantitative estimate of drug-likeness (QED) is 0.717. The van der Waals surface area contributed by atoms with Crippen LogP contribution in [0.2, 0.25) is 0 Å². The average Bonchev–Trinajstić information content (AvgIpc) is 2.70. The van der Waals surface area contributed by atoms with E-state index in [1.54, 1.807) is 0 Å². The van der Waals surface area contributed by atoms with Crippen LogP contribution in [-0.4, -0.2) is 18.4 Å². The average molecular weight is 344 g/mol. The normalized spacial score (nSPS) is 10.2. The maximum atomic E-state index is 12.8. The van der Waals surface area contributed by atoms with Gasteiger partial charge in [0.1, 0.15) is 0 Å². The summed E-state index contributed by atoms with van der Waals surface area (Å²) in [4.78, 5) is 26.6. The largest absolute Gasteiger partial charge is 0.347 e. The van der Waals surface area contributed by atoms with Gasteiger partial charge in [-0.3, -0.25) is 14.5 Å². The molecule has 0 radical (unpaired) electrons. The molecule has 3 rings (SSSR count). The van der Waals surface area contributed by atoms with Crippen LogP contribution < -0.4 is 10.2 Å². The van der Waals surface area contributed by atoms with Gasteiger partial charge in [-0.2, -0.15) is 0 Å². The number of benzene rings is 3. The Morgan fingerprint density at radius 2 is 1.15 bits per heavy atom. The molecule has 4 nitrogen and oxygen atoms in total. The van der Waals surface area contributed by atoms with Crippen LogP contribution in [0.15, 0.2) is 91.0 Å². The zero-order valence-corrected chi connectivity index (χ0v) is 14.3. The monoisotopic (exact) mass is 344 g/mol. The van der Waals surface area contributed by atoms with Crippen molar-refractivity contribution in [3.05, 3.63) is 96.6 Å². The molecule has 0 aromatic heterocycles. The predicted octanol–water partition coefficient (Wildman–Crippen LogP) is 3.71. The number of nitrogens with zero attached hydrogens (tertiary/aromatic N) is 1. The van der Waals surface area contributed by atoms with E-state index in [0.717, 1.165) is 5.56 Å². The molecule has 1 N–H and O–H groups in total. The molecule has 4 heteroatoms. The van der Waals surface area contributed by atoms with Gasteiger partial charge in [0.2, 0.25) is 0 Å². The lowest BCUT2D eigenvalue weighted by molar-refractivity contribution is -0.137. The lowest BCUT2D eigenvalue weighted by Gasteiger charge is -2.22. The second kappa shape index (κ2) is 8.62. The molecule has 0 saturated carbocycles. The number of rotatable bonds is 5. The van der Waals surface area contributed by atoms with Crippen LogP contribution in [0.4, 0.5) is 11.4 Å². The fourth-order valence-electron chi connectivity index (χ4n) is 2.68. The van der Waals surface area contributed by atoms with E-state index in [-0.39, 0.29) is 0 Å². The van der Waals surface area contributed by atoms with Crippen molar-refractivity contribution >= 4 is 23.2 Å². The third-order valence-electron chi connectivity index (χ3n) is 3.97. The number of carbonyl (C=O) groups excluding carboxylic acids is 2. The van der Waals surface area contributed by atoms with Crippen molar-refractivity contribution in [2.24, 2.45) is 0 Å². The Morgan fingerprint density at radius 1 is 0.692 bits per heavy atom. The molecule has 0 bridgehead atoms. The van der Waals surface area contributed by atoms with Crippen LogP contribution in [-0.2, 0) is 16.0 Å². The van der Waals surface area contributed by atoms with Gasteiger partial charge in [-0.1, -0.05) is 66.7 Å². The molecule has 0 spiro atoms. The summed E-state index contributed by atoms with van der Waals surface area (Å²) < 4.78 is 0. The standard InChI is InChI=1S/C22H20N2O2/c25-21(23-17-16-18-10-4-1-5-11-18)22(26)24(19-12-6-2-7-13-19)20-14-8-3-9-15-20/h1-15H,16-17H2,(H,23,25). The first kappa shape index (κ1) is 17.4. The molecule has 0 unspecified atom stereocenters. The SMILES string of the molecule is O=C(NCCc1ccccc1)C(=O)N(c1ccccc1)c1ccccc1. The molecule has 0 aliphatic rings. The minimum absolute atomic E-state index is 0.409. The van der Waals surface area contributed by atoms with Gasteiger partial charge in [0.15, 0.2) is 0 Å². The molecule has 26 heavy (non-hydrogen) atoms. The van der Waals surface area contributed by atoms with E-state index in [2.05, 4.69) is 5.32 Å².